The molecule has 0 aromatic heterocycles. The molecule has 0 N–H and O–H groups in total. The predicted molar refractivity (Wildman–Crippen MR) is 107 cm³/mol. The lowest BCUT2D eigenvalue weighted by Gasteiger charge is -2.42. The smallest absolute Gasteiger partial charge is 0.166 e. The van der Waals surface area contributed by atoms with E-state index in [1.807, 2.05) is 6.92 Å². The molecule has 1 heterocycles. The molecule has 27 heavy (non-hydrogen) atoms. The fourth-order valence-corrected chi connectivity index (χ4v) is 5.24. The van der Waals surface area contributed by atoms with Crippen LogP contribution in [0.2, 0.25) is 0 Å². The van der Waals surface area contributed by atoms with Gasteiger partial charge in [0.1, 0.15) is 5.76 Å². The molecule has 3 aromatic rings. The Kier molecular flexibility index (Phi) is 3.51. The van der Waals surface area contributed by atoms with Crippen molar-refractivity contribution in [1.82, 2.24) is 0 Å². The topological polar surface area (TPSA) is 26.3 Å². The Bertz CT molecular complexity index is 1100. The molecular weight excluding hydrogens is 332 g/mol. The van der Waals surface area contributed by atoms with E-state index in [4.69, 9.17) is 4.74 Å². The molecular formula is C25H22O2. The highest BCUT2D eigenvalue weighted by molar-refractivity contribution is 5.96. The van der Waals surface area contributed by atoms with Crippen LogP contribution in [-0.2, 0) is 21.6 Å². The minimum atomic E-state index is -0.624. The molecule has 0 saturated carbocycles. The minimum absolute atomic E-state index is 0.0516. The van der Waals surface area contributed by atoms with Crippen molar-refractivity contribution in [2.75, 3.05) is 0 Å². The normalized spacial score (nSPS) is 23.7. The third-order valence-electron chi connectivity index (χ3n) is 6.22. The van der Waals surface area contributed by atoms with Crippen LogP contribution in [0.3, 0.4) is 0 Å². The summed E-state index contributed by atoms with van der Waals surface area (Å²) in [5.74, 6) is 0.951. The molecule has 0 radical (unpaired) electrons. The fraction of sp³-hybridized carbons (Fsp3) is 0.240. The van der Waals surface area contributed by atoms with Crippen LogP contribution in [0.1, 0.15) is 37.0 Å². The van der Waals surface area contributed by atoms with E-state index in [2.05, 4.69) is 66.7 Å². The molecule has 2 nitrogen and oxygen atoms in total. The van der Waals surface area contributed by atoms with Crippen LogP contribution in [0.4, 0.5) is 0 Å². The number of ketones is 1. The van der Waals surface area contributed by atoms with E-state index < -0.39 is 5.60 Å². The first-order chi connectivity index (χ1) is 13.1. The second kappa shape index (κ2) is 5.82. The summed E-state index contributed by atoms with van der Waals surface area (Å²) >= 11 is 0. The first-order valence-corrected chi connectivity index (χ1v) is 9.60. The Balaban J connectivity index is 1.87. The van der Waals surface area contributed by atoms with Crippen molar-refractivity contribution in [2.24, 2.45) is 5.92 Å². The molecule has 3 aromatic carbocycles. The first-order valence-electron chi connectivity index (χ1n) is 9.60. The Hall–Kier alpha value is -2.87. The number of ether oxygens (including phenoxy) is 1. The van der Waals surface area contributed by atoms with Gasteiger partial charge in [-0.3, -0.25) is 4.79 Å². The Morgan fingerprint density at radius 1 is 0.963 bits per heavy atom. The Labute approximate surface area is 159 Å². The molecule has 2 atom stereocenters. The number of carbonyl (C=O) groups is 1. The molecule has 5 rings (SSSR count). The number of fused-ring (bicyclic) bond motifs is 4. The van der Waals surface area contributed by atoms with E-state index in [1.54, 1.807) is 6.92 Å². The second-order valence-electron chi connectivity index (χ2n) is 7.64. The van der Waals surface area contributed by atoms with Crippen LogP contribution < -0.4 is 0 Å². The van der Waals surface area contributed by atoms with Crippen molar-refractivity contribution >= 4 is 16.6 Å². The molecule has 2 heteroatoms. The number of rotatable bonds is 2. The van der Waals surface area contributed by atoms with E-state index in [0.717, 1.165) is 29.7 Å². The number of Topliss-reactive ketones (excluding diaryl/α,β-unsaturated/α-hetero) is 1. The third-order valence-corrected chi connectivity index (χ3v) is 6.22. The number of allylic oxidation sites excluding steroid dienone is 1. The number of aryl methyl sites for hydroxylation is 1. The summed E-state index contributed by atoms with van der Waals surface area (Å²) < 4.78 is 6.71. The summed E-state index contributed by atoms with van der Waals surface area (Å²) in [4.78, 5) is 12.5. The van der Waals surface area contributed by atoms with Gasteiger partial charge in [-0.25, -0.2) is 0 Å². The predicted octanol–water partition coefficient (Wildman–Crippen LogP) is 5.54. The van der Waals surface area contributed by atoms with Crippen LogP contribution in [0.25, 0.3) is 10.8 Å². The maximum Gasteiger partial charge on any atom is 0.166 e. The molecule has 2 unspecified atom stereocenters. The van der Waals surface area contributed by atoms with Gasteiger partial charge in [0, 0.05) is 22.6 Å². The van der Waals surface area contributed by atoms with Crippen molar-refractivity contribution in [1.29, 1.82) is 0 Å². The van der Waals surface area contributed by atoms with Crippen molar-refractivity contribution in [3.8, 4) is 0 Å². The number of hydrogen-bond acceptors (Lipinski definition) is 2. The van der Waals surface area contributed by atoms with E-state index in [-0.39, 0.29) is 11.7 Å². The zero-order valence-electron chi connectivity index (χ0n) is 15.7. The molecule has 0 fully saturated rings. The molecule has 0 bridgehead atoms. The lowest BCUT2D eigenvalue weighted by molar-refractivity contribution is -0.114. The highest BCUT2D eigenvalue weighted by atomic mass is 16.5. The maximum atomic E-state index is 12.5. The van der Waals surface area contributed by atoms with E-state index >= 15 is 0 Å². The molecule has 134 valence electrons. The molecule has 0 saturated heterocycles. The SMILES string of the molecule is CC(=O)C1=C(C)OC2(c3cccc4ccccc34)c3ccccc3CCC12. The summed E-state index contributed by atoms with van der Waals surface area (Å²) in [6.07, 6.45) is 1.90. The van der Waals surface area contributed by atoms with Crippen molar-refractivity contribution in [3.63, 3.8) is 0 Å². The lowest BCUT2D eigenvalue weighted by Crippen LogP contribution is -2.40. The Morgan fingerprint density at radius 2 is 1.67 bits per heavy atom. The van der Waals surface area contributed by atoms with Gasteiger partial charge < -0.3 is 4.74 Å². The van der Waals surface area contributed by atoms with Gasteiger partial charge in [-0.15, -0.1) is 0 Å². The Morgan fingerprint density at radius 3 is 2.52 bits per heavy atom. The van der Waals surface area contributed by atoms with Crippen molar-refractivity contribution in [2.45, 2.75) is 32.3 Å². The lowest BCUT2D eigenvalue weighted by atomic mass is 9.65. The minimum Gasteiger partial charge on any atom is -0.481 e. The summed E-state index contributed by atoms with van der Waals surface area (Å²) in [6, 6.07) is 23.4. The summed E-state index contributed by atoms with van der Waals surface area (Å²) in [5, 5.41) is 2.39. The molecule has 1 aliphatic carbocycles. The molecule has 1 aliphatic heterocycles. The van der Waals surface area contributed by atoms with E-state index in [0.29, 0.717) is 0 Å². The summed E-state index contributed by atoms with van der Waals surface area (Å²) in [6.45, 7) is 3.62. The average molecular weight is 354 g/mol. The van der Waals surface area contributed by atoms with Crippen molar-refractivity contribution in [3.05, 3.63) is 94.8 Å². The van der Waals surface area contributed by atoms with Gasteiger partial charge in [0.25, 0.3) is 0 Å². The summed E-state index contributed by atoms with van der Waals surface area (Å²) in [7, 11) is 0. The van der Waals surface area contributed by atoms with E-state index in [1.165, 1.54) is 21.9 Å². The zero-order chi connectivity index (χ0) is 18.6. The quantitative estimate of drug-likeness (QED) is 0.604. The van der Waals surface area contributed by atoms with Gasteiger partial charge in [-0.05, 0) is 43.0 Å². The highest BCUT2D eigenvalue weighted by Crippen LogP contribution is 2.57. The largest absolute Gasteiger partial charge is 0.481 e. The van der Waals surface area contributed by atoms with Gasteiger partial charge in [0.05, 0.1) is 0 Å². The fourth-order valence-electron chi connectivity index (χ4n) is 5.24. The average Bonchev–Trinajstić information content (AvgIpc) is 3.00. The number of hydrogen-bond donors (Lipinski definition) is 0. The van der Waals surface area contributed by atoms with Gasteiger partial charge in [-0.1, -0.05) is 66.7 Å². The van der Waals surface area contributed by atoms with Gasteiger partial charge in [-0.2, -0.15) is 0 Å². The molecule has 0 amide bonds. The second-order valence-corrected chi connectivity index (χ2v) is 7.64. The monoisotopic (exact) mass is 354 g/mol. The number of benzene rings is 3. The molecule has 0 spiro atoms. The van der Waals surface area contributed by atoms with Crippen LogP contribution in [0.15, 0.2) is 78.1 Å². The van der Waals surface area contributed by atoms with Crippen LogP contribution >= 0.6 is 0 Å². The first kappa shape index (κ1) is 16.3. The van der Waals surface area contributed by atoms with Crippen LogP contribution in [0, 0.1) is 5.92 Å². The zero-order valence-corrected chi connectivity index (χ0v) is 15.7. The highest BCUT2D eigenvalue weighted by Gasteiger charge is 2.55. The summed E-state index contributed by atoms with van der Waals surface area (Å²) in [5.41, 5.74) is 3.92. The number of carbonyl (C=O) groups excluding carboxylic acids is 1. The standard InChI is InChI=1S/C25H22O2/c1-16(26)24-17(2)27-25(21-12-6-4-9-19(21)14-15-23(24)25)22-13-7-10-18-8-3-5-11-20(18)22/h3-13,23H,14-15H2,1-2H3. The van der Waals surface area contributed by atoms with Crippen molar-refractivity contribution < 1.29 is 9.53 Å². The molecule has 2 aliphatic rings. The third kappa shape index (κ3) is 2.16. The van der Waals surface area contributed by atoms with Gasteiger partial charge in [0.15, 0.2) is 11.4 Å². The van der Waals surface area contributed by atoms with Crippen LogP contribution in [0.5, 0.6) is 0 Å². The van der Waals surface area contributed by atoms with Gasteiger partial charge >= 0.3 is 0 Å². The van der Waals surface area contributed by atoms with Gasteiger partial charge in [0.2, 0.25) is 0 Å². The van der Waals surface area contributed by atoms with Crippen LogP contribution in [-0.4, -0.2) is 5.78 Å². The maximum absolute atomic E-state index is 12.5. The van der Waals surface area contributed by atoms with E-state index in [9.17, 15) is 4.79 Å².